The summed E-state index contributed by atoms with van der Waals surface area (Å²) in [7, 11) is -3.89. The maximum atomic E-state index is 13.8. The Balaban J connectivity index is 2.07. The lowest BCUT2D eigenvalue weighted by molar-refractivity contribution is 0.0702. The lowest BCUT2D eigenvalue weighted by Gasteiger charge is -2.30. The highest BCUT2D eigenvalue weighted by Gasteiger charge is 2.31. The maximum absolute atomic E-state index is 13.8. The number of benzene rings is 1. The van der Waals surface area contributed by atoms with Gasteiger partial charge in [0, 0.05) is 17.5 Å². The fourth-order valence-electron chi connectivity index (χ4n) is 2.49. The molecule has 0 saturated carbocycles. The number of sulfonamides is 1. The van der Waals surface area contributed by atoms with Crippen molar-refractivity contribution >= 4 is 33.0 Å². The molecule has 1 aliphatic heterocycles. The summed E-state index contributed by atoms with van der Waals surface area (Å²) in [6, 6.07) is 5.48. The van der Waals surface area contributed by atoms with Gasteiger partial charge in [0.05, 0.1) is 10.6 Å². The molecule has 0 saturated heterocycles. The summed E-state index contributed by atoms with van der Waals surface area (Å²) in [5.41, 5.74) is 0.709. The van der Waals surface area contributed by atoms with E-state index in [0.717, 1.165) is 21.7 Å². The summed E-state index contributed by atoms with van der Waals surface area (Å²) in [5.74, 6) is -1.59. The number of hydrogen-bond donors (Lipinski definition) is 1. The number of carboxylic acid groups (broad SMARTS) is 1. The van der Waals surface area contributed by atoms with Crippen LogP contribution in [0.25, 0.3) is 0 Å². The normalized spacial score (nSPS) is 14.7. The Labute approximate surface area is 130 Å². The fourth-order valence-corrected chi connectivity index (χ4v) is 5.12. The molecule has 22 heavy (non-hydrogen) atoms. The summed E-state index contributed by atoms with van der Waals surface area (Å²) >= 11 is 0.854. The SMILES string of the molecule is O=C(O)c1cc(S(=O)(=O)N2CCCc3c(F)cccc32)cs1. The molecule has 5 nitrogen and oxygen atoms in total. The third-order valence-electron chi connectivity index (χ3n) is 3.52. The number of thiophene rings is 1. The van der Waals surface area contributed by atoms with Crippen molar-refractivity contribution in [3.8, 4) is 0 Å². The minimum atomic E-state index is -3.89. The lowest BCUT2D eigenvalue weighted by Crippen LogP contribution is -2.35. The first-order valence-electron chi connectivity index (χ1n) is 6.53. The Morgan fingerprint density at radius 2 is 2.14 bits per heavy atom. The van der Waals surface area contributed by atoms with Gasteiger partial charge in [-0.2, -0.15) is 0 Å². The molecule has 0 unspecified atom stereocenters. The molecule has 8 heteroatoms. The van der Waals surface area contributed by atoms with Crippen LogP contribution in [0.4, 0.5) is 10.1 Å². The number of carbonyl (C=O) groups is 1. The quantitative estimate of drug-likeness (QED) is 0.931. The smallest absolute Gasteiger partial charge is 0.345 e. The van der Waals surface area contributed by atoms with Crippen molar-refractivity contribution in [2.24, 2.45) is 0 Å². The number of halogens is 1. The van der Waals surface area contributed by atoms with Crippen LogP contribution in [-0.2, 0) is 16.4 Å². The van der Waals surface area contributed by atoms with E-state index in [-0.39, 0.29) is 16.3 Å². The number of rotatable bonds is 3. The molecule has 116 valence electrons. The molecule has 1 N–H and O–H groups in total. The van der Waals surface area contributed by atoms with Crippen LogP contribution in [0.5, 0.6) is 0 Å². The van der Waals surface area contributed by atoms with Crippen LogP contribution in [-0.4, -0.2) is 26.0 Å². The van der Waals surface area contributed by atoms with Crippen LogP contribution < -0.4 is 4.31 Å². The molecule has 0 bridgehead atoms. The van der Waals surface area contributed by atoms with Gasteiger partial charge in [-0.05, 0) is 31.0 Å². The predicted octanol–water partition coefficient (Wildman–Crippen LogP) is 2.73. The van der Waals surface area contributed by atoms with E-state index in [1.54, 1.807) is 6.07 Å². The molecule has 0 spiro atoms. The van der Waals surface area contributed by atoms with Crippen molar-refractivity contribution in [1.82, 2.24) is 0 Å². The van der Waals surface area contributed by atoms with E-state index in [1.165, 1.54) is 17.5 Å². The summed E-state index contributed by atoms with van der Waals surface area (Å²) in [5, 5.41) is 10.2. The summed E-state index contributed by atoms with van der Waals surface area (Å²) in [6.45, 7) is 0.247. The van der Waals surface area contributed by atoms with Crippen molar-refractivity contribution in [2.75, 3.05) is 10.8 Å². The second-order valence-electron chi connectivity index (χ2n) is 4.87. The minimum absolute atomic E-state index is 0.0462. The van der Waals surface area contributed by atoms with Gasteiger partial charge in [0.25, 0.3) is 10.0 Å². The Hall–Kier alpha value is -1.93. The van der Waals surface area contributed by atoms with Crippen molar-refractivity contribution in [3.63, 3.8) is 0 Å². The largest absolute Gasteiger partial charge is 0.477 e. The molecule has 0 aliphatic carbocycles. The van der Waals surface area contributed by atoms with Gasteiger partial charge in [-0.25, -0.2) is 17.6 Å². The van der Waals surface area contributed by atoms with E-state index in [4.69, 9.17) is 5.11 Å². The Morgan fingerprint density at radius 3 is 2.82 bits per heavy atom. The molecule has 1 aliphatic rings. The number of nitrogens with zero attached hydrogens (tertiary/aromatic N) is 1. The molecule has 1 aromatic heterocycles. The zero-order chi connectivity index (χ0) is 15.9. The van der Waals surface area contributed by atoms with Crippen LogP contribution in [0.15, 0.2) is 34.5 Å². The Morgan fingerprint density at radius 1 is 1.36 bits per heavy atom. The van der Waals surface area contributed by atoms with Crippen LogP contribution in [0.3, 0.4) is 0 Å². The maximum Gasteiger partial charge on any atom is 0.345 e. The van der Waals surface area contributed by atoms with Gasteiger partial charge < -0.3 is 5.11 Å². The predicted molar refractivity (Wildman–Crippen MR) is 80.5 cm³/mol. The van der Waals surface area contributed by atoms with Crippen molar-refractivity contribution < 1.29 is 22.7 Å². The lowest BCUT2D eigenvalue weighted by atomic mass is 10.0. The first-order valence-corrected chi connectivity index (χ1v) is 8.85. The van der Waals surface area contributed by atoms with Gasteiger partial charge in [0.1, 0.15) is 10.7 Å². The zero-order valence-electron chi connectivity index (χ0n) is 11.3. The van der Waals surface area contributed by atoms with Gasteiger partial charge in [0.2, 0.25) is 0 Å². The van der Waals surface area contributed by atoms with Gasteiger partial charge in [-0.3, -0.25) is 4.31 Å². The second kappa shape index (κ2) is 5.36. The van der Waals surface area contributed by atoms with E-state index in [2.05, 4.69) is 0 Å². The molecular weight excluding hydrogens is 329 g/mol. The van der Waals surface area contributed by atoms with Crippen molar-refractivity contribution in [1.29, 1.82) is 0 Å². The highest BCUT2D eigenvalue weighted by atomic mass is 32.2. The molecular formula is C14H12FNO4S2. The fraction of sp³-hybridized carbons (Fsp3) is 0.214. The van der Waals surface area contributed by atoms with E-state index in [9.17, 15) is 17.6 Å². The zero-order valence-corrected chi connectivity index (χ0v) is 13.0. The van der Waals surface area contributed by atoms with Gasteiger partial charge in [-0.1, -0.05) is 6.07 Å². The first kappa shape index (κ1) is 15.0. The Bertz CT molecular complexity index is 844. The number of anilines is 1. The highest BCUT2D eigenvalue weighted by molar-refractivity contribution is 7.93. The molecule has 1 aromatic carbocycles. The number of hydrogen-bond acceptors (Lipinski definition) is 4. The molecule has 0 fully saturated rings. The minimum Gasteiger partial charge on any atom is -0.477 e. The topological polar surface area (TPSA) is 74.7 Å². The van der Waals surface area contributed by atoms with Crippen LogP contribution in [0, 0.1) is 5.82 Å². The standard InChI is InChI=1S/C14H12FNO4S2/c15-11-4-1-5-12-10(11)3-2-6-16(12)22(19,20)9-7-13(14(17)18)21-8-9/h1,4-5,7-8H,2-3,6H2,(H,17,18). The molecule has 3 rings (SSSR count). The number of carboxylic acids is 1. The van der Waals surface area contributed by atoms with E-state index in [1.807, 2.05) is 0 Å². The van der Waals surface area contributed by atoms with Crippen LogP contribution in [0.2, 0.25) is 0 Å². The van der Waals surface area contributed by atoms with Gasteiger partial charge in [0.15, 0.2) is 0 Å². The molecule has 2 aromatic rings. The second-order valence-corrected chi connectivity index (χ2v) is 7.64. The van der Waals surface area contributed by atoms with Gasteiger partial charge >= 0.3 is 5.97 Å². The van der Waals surface area contributed by atoms with Crippen LogP contribution in [0.1, 0.15) is 21.7 Å². The van der Waals surface area contributed by atoms with E-state index in [0.29, 0.717) is 24.1 Å². The first-order chi connectivity index (χ1) is 10.4. The summed E-state index contributed by atoms with van der Waals surface area (Å²) in [4.78, 5) is 10.8. The molecule has 2 heterocycles. The van der Waals surface area contributed by atoms with Crippen molar-refractivity contribution in [2.45, 2.75) is 17.7 Å². The summed E-state index contributed by atoms with van der Waals surface area (Å²) < 4.78 is 40.4. The molecule has 0 radical (unpaired) electrons. The number of aromatic carboxylic acids is 1. The third kappa shape index (κ3) is 2.38. The van der Waals surface area contributed by atoms with Crippen molar-refractivity contribution in [3.05, 3.63) is 45.9 Å². The highest BCUT2D eigenvalue weighted by Crippen LogP contribution is 2.34. The molecule has 0 amide bonds. The molecule has 0 atom stereocenters. The average molecular weight is 341 g/mol. The average Bonchev–Trinajstić information content (AvgIpc) is 2.98. The van der Waals surface area contributed by atoms with E-state index < -0.39 is 21.8 Å². The monoisotopic (exact) mass is 341 g/mol. The van der Waals surface area contributed by atoms with Gasteiger partial charge in [-0.15, -0.1) is 11.3 Å². The van der Waals surface area contributed by atoms with Crippen LogP contribution >= 0.6 is 11.3 Å². The number of fused-ring (bicyclic) bond motifs is 1. The third-order valence-corrected chi connectivity index (χ3v) is 6.38. The van der Waals surface area contributed by atoms with E-state index >= 15 is 0 Å². The summed E-state index contributed by atoms with van der Waals surface area (Å²) in [6.07, 6.45) is 1.00. The Kier molecular flexibility index (Phi) is 3.65.